The Morgan fingerprint density at radius 2 is 1.79 bits per heavy atom. The van der Waals surface area contributed by atoms with E-state index in [0.717, 1.165) is 48.4 Å². The fourth-order valence-electron chi connectivity index (χ4n) is 4.23. The average Bonchev–Trinajstić information content (AvgIpc) is 3.05. The van der Waals surface area contributed by atoms with Gasteiger partial charge in [0.25, 0.3) is 0 Å². The van der Waals surface area contributed by atoms with E-state index in [-0.39, 0.29) is 11.7 Å². The minimum atomic E-state index is -0.142. The van der Waals surface area contributed by atoms with Crippen LogP contribution in [0.1, 0.15) is 45.8 Å². The topological polar surface area (TPSA) is 48.0 Å². The van der Waals surface area contributed by atoms with Crippen molar-refractivity contribution in [3.8, 4) is 17.2 Å². The third-order valence-electron chi connectivity index (χ3n) is 5.95. The van der Waals surface area contributed by atoms with Crippen molar-refractivity contribution in [2.45, 2.75) is 25.7 Å². The Balaban J connectivity index is 1.82. The van der Waals surface area contributed by atoms with Gasteiger partial charge in [0.2, 0.25) is 5.78 Å². The summed E-state index contributed by atoms with van der Waals surface area (Å²) in [6.45, 7) is 4.04. The number of methoxy groups -OCH3 is 2. The molecule has 0 atom stereocenters. The first kappa shape index (κ1) is 19.5. The predicted octanol–water partition coefficient (Wildman–Crippen LogP) is 4.44. The third kappa shape index (κ3) is 3.51. The summed E-state index contributed by atoms with van der Waals surface area (Å²) in [5.74, 6) is 2.28. The number of rotatable bonds is 4. The van der Waals surface area contributed by atoms with Gasteiger partial charge in [0, 0.05) is 11.6 Å². The van der Waals surface area contributed by atoms with Gasteiger partial charge in [-0.2, -0.15) is 0 Å². The van der Waals surface area contributed by atoms with Crippen LogP contribution in [-0.4, -0.2) is 45.0 Å². The van der Waals surface area contributed by atoms with E-state index in [1.807, 2.05) is 43.3 Å². The molecular formula is C24H27NO4. The van der Waals surface area contributed by atoms with Crippen molar-refractivity contribution in [3.63, 3.8) is 0 Å². The second-order valence-electron chi connectivity index (χ2n) is 7.77. The number of allylic oxidation sites excluding steroid dienone is 1. The number of likely N-dealkylation sites (tertiary alicyclic amines) is 1. The molecule has 2 aromatic carbocycles. The highest BCUT2D eigenvalue weighted by Gasteiger charge is 2.38. The fraction of sp³-hybridized carbons (Fsp3) is 0.375. The molecular weight excluding hydrogens is 366 g/mol. The van der Waals surface area contributed by atoms with Gasteiger partial charge in [-0.1, -0.05) is 24.3 Å². The zero-order chi connectivity index (χ0) is 20.5. The lowest BCUT2D eigenvalue weighted by molar-refractivity contribution is 0.101. The Bertz CT molecular complexity index is 971. The molecule has 0 unspecified atom stereocenters. The molecule has 0 aliphatic carbocycles. The number of carbonyl (C=O) groups is 1. The third-order valence-corrected chi connectivity index (χ3v) is 5.95. The Kier molecular flexibility index (Phi) is 5.33. The molecule has 1 fully saturated rings. The Morgan fingerprint density at radius 3 is 2.45 bits per heavy atom. The zero-order valence-corrected chi connectivity index (χ0v) is 17.5. The number of carbonyl (C=O) groups excluding carboxylic acids is 1. The van der Waals surface area contributed by atoms with Gasteiger partial charge in [0.05, 0.1) is 14.2 Å². The molecule has 2 aromatic rings. The van der Waals surface area contributed by atoms with Crippen molar-refractivity contribution in [1.29, 1.82) is 0 Å². The molecule has 5 heteroatoms. The number of piperidine rings is 1. The lowest BCUT2D eigenvalue weighted by Crippen LogP contribution is -2.29. The summed E-state index contributed by atoms with van der Waals surface area (Å²) in [6, 6.07) is 9.77. The van der Waals surface area contributed by atoms with Crippen molar-refractivity contribution < 1.29 is 19.0 Å². The predicted molar refractivity (Wildman–Crippen MR) is 113 cm³/mol. The van der Waals surface area contributed by atoms with Crippen LogP contribution in [0.5, 0.6) is 17.2 Å². The molecule has 0 bridgehead atoms. The van der Waals surface area contributed by atoms with Crippen LogP contribution in [-0.2, 0) is 0 Å². The second-order valence-corrected chi connectivity index (χ2v) is 7.77. The molecule has 0 amide bonds. The van der Waals surface area contributed by atoms with Crippen LogP contribution in [0, 0.1) is 6.92 Å². The molecule has 2 aliphatic heterocycles. The standard InChI is InChI=1S/C24H27NO4/c1-15-7-5-6-8-17(15)13-20-23(26)22-19(28-4)14-18(27-3)21(24(22)29-20)16-9-11-25(2)12-10-16/h5-8,13-14,16H,9-12H2,1-4H3/b20-13-. The summed E-state index contributed by atoms with van der Waals surface area (Å²) in [5, 5.41) is 0. The monoisotopic (exact) mass is 393 g/mol. The van der Waals surface area contributed by atoms with Crippen LogP contribution in [0.2, 0.25) is 0 Å². The molecule has 152 valence electrons. The van der Waals surface area contributed by atoms with E-state index in [1.54, 1.807) is 14.2 Å². The molecule has 0 N–H and O–H groups in total. The van der Waals surface area contributed by atoms with Crippen LogP contribution >= 0.6 is 0 Å². The molecule has 0 aromatic heterocycles. The van der Waals surface area contributed by atoms with Crippen molar-refractivity contribution in [2.75, 3.05) is 34.4 Å². The van der Waals surface area contributed by atoms with Crippen LogP contribution in [0.3, 0.4) is 0 Å². The minimum Gasteiger partial charge on any atom is -0.496 e. The van der Waals surface area contributed by atoms with Gasteiger partial charge < -0.3 is 19.1 Å². The molecule has 29 heavy (non-hydrogen) atoms. The maximum Gasteiger partial charge on any atom is 0.235 e. The number of hydrogen-bond donors (Lipinski definition) is 0. The SMILES string of the molecule is COc1cc(OC)c(C2CCN(C)CC2)c2c1C(=O)/C(=C/c1ccccc1C)O2. The van der Waals surface area contributed by atoms with Crippen molar-refractivity contribution >= 4 is 11.9 Å². The van der Waals surface area contributed by atoms with Gasteiger partial charge in [0.15, 0.2) is 5.76 Å². The maximum atomic E-state index is 13.3. The van der Waals surface area contributed by atoms with Crippen LogP contribution < -0.4 is 14.2 Å². The first-order valence-electron chi connectivity index (χ1n) is 10.0. The van der Waals surface area contributed by atoms with E-state index in [2.05, 4.69) is 11.9 Å². The van der Waals surface area contributed by atoms with Gasteiger partial charge in [-0.15, -0.1) is 0 Å². The molecule has 2 heterocycles. The Labute approximate surface area is 171 Å². The summed E-state index contributed by atoms with van der Waals surface area (Å²) in [4.78, 5) is 15.6. The number of benzene rings is 2. The van der Waals surface area contributed by atoms with Gasteiger partial charge in [-0.3, -0.25) is 4.79 Å². The summed E-state index contributed by atoms with van der Waals surface area (Å²) >= 11 is 0. The van der Waals surface area contributed by atoms with Crippen LogP contribution in [0.4, 0.5) is 0 Å². The number of aryl methyl sites for hydroxylation is 1. The number of ether oxygens (including phenoxy) is 3. The number of Topliss-reactive ketones (excluding diaryl/α,β-unsaturated/α-hetero) is 1. The fourth-order valence-corrected chi connectivity index (χ4v) is 4.23. The van der Waals surface area contributed by atoms with E-state index < -0.39 is 0 Å². The second kappa shape index (κ2) is 7.91. The zero-order valence-electron chi connectivity index (χ0n) is 17.5. The first-order chi connectivity index (χ1) is 14.0. The van der Waals surface area contributed by atoms with Crippen molar-refractivity contribution in [1.82, 2.24) is 4.90 Å². The van der Waals surface area contributed by atoms with Gasteiger partial charge in [-0.05, 0) is 63.0 Å². The summed E-state index contributed by atoms with van der Waals surface area (Å²) in [5.41, 5.74) is 3.54. The lowest BCUT2D eigenvalue weighted by atomic mass is 9.86. The Morgan fingerprint density at radius 1 is 1.10 bits per heavy atom. The number of nitrogens with zero attached hydrogens (tertiary/aromatic N) is 1. The highest BCUT2D eigenvalue weighted by atomic mass is 16.5. The van der Waals surface area contributed by atoms with Crippen LogP contribution in [0.25, 0.3) is 6.08 Å². The molecule has 0 saturated carbocycles. The van der Waals surface area contributed by atoms with E-state index >= 15 is 0 Å². The van der Waals surface area contributed by atoms with Gasteiger partial charge >= 0.3 is 0 Å². The highest BCUT2D eigenvalue weighted by molar-refractivity contribution is 6.16. The molecule has 5 nitrogen and oxygen atoms in total. The first-order valence-corrected chi connectivity index (χ1v) is 10.0. The van der Waals surface area contributed by atoms with Crippen LogP contribution in [0.15, 0.2) is 36.1 Å². The summed E-state index contributed by atoms with van der Waals surface area (Å²) in [6.07, 6.45) is 3.82. The number of fused-ring (bicyclic) bond motifs is 1. The minimum absolute atomic E-state index is 0.142. The van der Waals surface area contributed by atoms with E-state index in [0.29, 0.717) is 22.8 Å². The van der Waals surface area contributed by atoms with E-state index in [9.17, 15) is 4.79 Å². The maximum absolute atomic E-state index is 13.3. The quantitative estimate of drug-likeness (QED) is 0.719. The van der Waals surface area contributed by atoms with Gasteiger partial charge in [-0.25, -0.2) is 0 Å². The van der Waals surface area contributed by atoms with E-state index in [1.165, 1.54) is 0 Å². The summed E-state index contributed by atoms with van der Waals surface area (Å²) in [7, 11) is 5.36. The average molecular weight is 393 g/mol. The van der Waals surface area contributed by atoms with Crippen molar-refractivity contribution in [3.05, 3.63) is 58.3 Å². The number of hydrogen-bond acceptors (Lipinski definition) is 5. The summed E-state index contributed by atoms with van der Waals surface area (Å²) < 4.78 is 17.4. The molecule has 4 rings (SSSR count). The van der Waals surface area contributed by atoms with Gasteiger partial charge in [0.1, 0.15) is 22.8 Å². The molecule has 0 radical (unpaired) electrons. The number of ketones is 1. The largest absolute Gasteiger partial charge is 0.496 e. The normalized spacial score (nSPS) is 18.6. The van der Waals surface area contributed by atoms with E-state index in [4.69, 9.17) is 14.2 Å². The molecule has 2 aliphatic rings. The Hall–Kier alpha value is -2.79. The van der Waals surface area contributed by atoms with Crippen molar-refractivity contribution in [2.24, 2.45) is 0 Å². The smallest absolute Gasteiger partial charge is 0.235 e. The molecule has 0 spiro atoms. The highest BCUT2D eigenvalue weighted by Crippen LogP contribution is 2.50. The lowest BCUT2D eigenvalue weighted by Gasteiger charge is -2.30. The molecule has 1 saturated heterocycles.